The molecule has 0 aromatic carbocycles. The minimum absolute atomic E-state index is 0.212. The number of hydrogen-bond acceptors (Lipinski definition) is 2. The molecule has 1 aliphatic heterocycles. The quantitative estimate of drug-likeness (QED) is 0.624. The number of ether oxygens (including phenoxy) is 1. The monoisotopic (exact) mass is 189 g/mol. The molecule has 0 spiro atoms. The van der Waals surface area contributed by atoms with E-state index in [1.807, 2.05) is 32.7 Å². The standard InChI is InChI=1S/C10H20FNO/c1-10(2,3)13-9-5-6-12(4)7-8(9)11/h8-9H,5-7H2,1-4H3. The minimum atomic E-state index is -0.835. The Morgan fingerprint density at radius 2 is 2.00 bits per heavy atom. The molecule has 0 N–H and O–H groups in total. The van der Waals surface area contributed by atoms with Crippen molar-refractivity contribution in [1.29, 1.82) is 0 Å². The van der Waals surface area contributed by atoms with Gasteiger partial charge < -0.3 is 9.64 Å². The van der Waals surface area contributed by atoms with Crippen molar-refractivity contribution in [2.24, 2.45) is 0 Å². The molecule has 0 aromatic heterocycles. The first-order valence-electron chi connectivity index (χ1n) is 4.89. The number of alkyl halides is 1. The number of hydrogen-bond donors (Lipinski definition) is 0. The van der Waals surface area contributed by atoms with Gasteiger partial charge in [0, 0.05) is 13.1 Å². The summed E-state index contributed by atoms with van der Waals surface area (Å²) in [5, 5.41) is 0. The van der Waals surface area contributed by atoms with Gasteiger partial charge in [0.25, 0.3) is 0 Å². The summed E-state index contributed by atoms with van der Waals surface area (Å²) in [6.07, 6.45) is -0.247. The van der Waals surface area contributed by atoms with E-state index < -0.39 is 6.17 Å². The fraction of sp³-hybridized carbons (Fsp3) is 1.00. The van der Waals surface area contributed by atoms with E-state index in [0.29, 0.717) is 6.54 Å². The molecule has 0 bridgehead atoms. The Morgan fingerprint density at radius 3 is 2.46 bits per heavy atom. The summed E-state index contributed by atoms with van der Waals surface area (Å²) in [4.78, 5) is 2.01. The van der Waals surface area contributed by atoms with Gasteiger partial charge in [0.1, 0.15) is 6.17 Å². The van der Waals surface area contributed by atoms with E-state index in [1.165, 1.54) is 0 Å². The highest BCUT2D eigenvalue weighted by Gasteiger charge is 2.31. The van der Waals surface area contributed by atoms with Crippen molar-refractivity contribution in [3.63, 3.8) is 0 Å². The van der Waals surface area contributed by atoms with Gasteiger partial charge in [-0.15, -0.1) is 0 Å². The number of likely N-dealkylation sites (tertiary alicyclic amines) is 1. The van der Waals surface area contributed by atoms with Crippen molar-refractivity contribution >= 4 is 0 Å². The number of nitrogens with zero attached hydrogens (tertiary/aromatic N) is 1. The summed E-state index contributed by atoms with van der Waals surface area (Å²) in [6.45, 7) is 7.34. The Kier molecular flexibility index (Phi) is 3.30. The second-order valence-electron chi connectivity index (χ2n) is 4.84. The minimum Gasteiger partial charge on any atom is -0.370 e. The van der Waals surface area contributed by atoms with Crippen LogP contribution in [0.3, 0.4) is 0 Å². The van der Waals surface area contributed by atoms with Crippen molar-refractivity contribution in [3.8, 4) is 0 Å². The van der Waals surface area contributed by atoms with Gasteiger partial charge in [0.05, 0.1) is 11.7 Å². The Labute approximate surface area is 80.1 Å². The van der Waals surface area contributed by atoms with Gasteiger partial charge in [0.2, 0.25) is 0 Å². The maximum Gasteiger partial charge on any atom is 0.139 e. The lowest BCUT2D eigenvalue weighted by Gasteiger charge is -2.36. The molecule has 3 heteroatoms. The molecular weight excluding hydrogens is 169 g/mol. The topological polar surface area (TPSA) is 12.5 Å². The average Bonchev–Trinajstić information content (AvgIpc) is 1.93. The van der Waals surface area contributed by atoms with E-state index in [1.54, 1.807) is 0 Å². The lowest BCUT2D eigenvalue weighted by atomic mass is 10.0. The van der Waals surface area contributed by atoms with Crippen LogP contribution in [0.25, 0.3) is 0 Å². The molecule has 1 aliphatic rings. The smallest absolute Gasteiger partial charge is 0.139 e. The first kappa shape index (κ1) is 10.9. The van der Waals surface area contributed by atoms with Crippen molar-refractivity contribution < 1.29 is 9.13 Å². The summed E-state index contributed by atoms with van der Waals surface area (Å²) >= 11 is 0. The summed E-state index contributed by atoms with van der Waals surface area (Å²) in [6, 6.07) is 0. The molecular formula is C10H20FNO. The van der Waals surface area contributed by atoms with Crippen LogP contribution in [0.2, 0.25) is 0 Å². The van der Waals surface area contributed by atoms with E-state index in [4.69, 9.17) is 4.74 Å². The van der Waals surface area contributed by atoms with Crippen molar-refractivity contribution in [2.45, 2.75) is 45.1 Å². The Hall–Kier alpha value is -0.150. The lowest BCUT2D eigenvalue weighted by molar-refractivity contribution is -0.113. The van der Waals surface area contributed by atoms with Crippen LogP contribution < -0.4 is 0 Å². The summed E-state index contributed by atoms with van der Waals surface area (Å²) in [5.74, 6) is 0. The van der Waals surface area contributed by atoms with Crippen LogP contribution >= 0.6 is 0 Å². The van der Waals surface area contributed by atoms with Gasteiger partial charge in [-0.25, -0.2) is 4.39 Å². The number of halogens is 1. The highest BCUT2D eigenvalue weighted by molar-refractivity contribution is 4.81. The molecule has 2 atom stereocenters. The molecule has 0 amide bonds. The Morgan fingerprint density at radius 1 is 1.38 bits per heavy atom. The zero-order valence-electron chi connectivity index (χ0n) is 9.01. The van der Waals surface area contributed by atoms with E-state index in [-0.39, 0.29) is 11.7 Å². The van der Waals surface area contributed by atoms with Crippen LogP contribution in [0.1, 0.15) is 27.2 Å². The molecule has 13 heavy (non-hydrogen) atoms. The second-order valence-corrected chi connectivity index (χ2v) is 4.84. The van der Waals surface area contributed by atoms with Gasteiger partial charge >= 0.3 is 0 Å². The largest absolute Gasteiger partial charge is 0.370 e. The highest BCUT2D eigenvalue weighted by Crippen LogP contribution is 2.21. The first-order chi connectivity index (χ1) is 5.88. The summed E-state index contributed by atoms with van der Waals surface area (Å²) in [5.41, 5.74) is -0.231. The fourth-order valence-corrected chi connectivity index (χ4v) is 1.62. The van der Waals surface area contributed by atoms with Crippen molar-refractivity contribution in [3.05, 3.63) is 0 Å². The molecule has 0 saturated carbocycles. The maximum absolute atomic E-state index is 13.5. The van der Waals surface area contributed by atoms with Gasteiger partial charge in [-0.05, 0) is 34.2 Å². The predicted octanol–water partition coefficient (Wildman–Crippen LogP) is 1.84. The molecule has 78 valence electrons. The molecule has 1 fully saturated rings. The molecule has 0 radical (unpaired) electrons. The van der Waals surface area contributed by atoms with Gasteiger partial charge in [-0.2, -0.15) is 0 Å². The van der Waals surface area contributed by atoms with Crippen LogP contribution in [0.15, 0.2) is 0 Å². The average molecular weight is 189 g/mol. The Balaban J connectivity index is 2.43. The highest BCUT2D eigenvalue weighted by atomic mass is 19.1. The van der Waals surface area contributed by atoms with Gasteiger partial charge in [-0.3, -0.25) is 0 Å². The van der Waals surface area contributed by atoms with E-state index >= 15 is 0 Å². The van der Waals surface area contributed by atoms with Crippen LogP contribution in [-0.4, -0.2) is 42.9 Å². The third-order valence-electron chi connectivity index (χ3n) is 2.19. The lowest BCUT2D eigenvalue weighted by Crippen LogP contribution is -2.46. The van der Waals surface area contributed by atoms with Gasteiger partial charge in [0.15, 0.2) is 0 Å². The molecule has 2 unspecified atom stereocenters. The molecule has 2 nitrogen and oxygen atoms in total. The predicted molar refractivity (Wildman–Crippen MR) is 51.6 cm³/mol. The second kappa shape index (κ2) is 3.93. The normalized spacial score (nSPS) is 32.1. The van der Waals surface area contributed by atoms with Crippen LogP contribution in [0.4, 0.5) is 4.39 Å². The van der Waals surface area contributed by atoms with Crippen molar-refractivity contribution in [2.75, 3.05) is 20.1 Å². The fourth-order valence-electron chi connectivity index (χ4n) is 1.62. The van der Waals surface area contributed by atoms with Crippen LogP contribution in [0, 0.1) is 0 Å². The SMILES string of the molecule is CN1CCC(OC(C)(C)C)C(F)C1. The summed E-state index contributed by atoms with van der Waals surface area (Å²) in [7, 11) is 1.94. The zero-order valence-corrected chi connectivity index (χ0v) is 9.01. The van der Waals surface area contributed by atoms with Gasteiger partial charge in [-0.1, -0.05) is 0 Å². The number of rotatable bonds is 1. The van der Waals surface area contributed by atoms with Crippen LogP contribution in [-0.2, 0) is 4.74 Å². The maximum atomic E-state index is 13.5. The molecule has 1 rings (SSSR count). The zero-order chi connectivity index (χ0) is 10.1. The molecule has 1 saturated heterocycles. The van der Waals surface area contributed by atoms with E-state index in [2.05, 4.69) is 0 Å². The van der Waals surface area contributed by atoms with Crippen molar-refractivity contribution in [1.82, 2.24) is 4.90 Å². The Bertz CT molecular complexity index is 167. The third-order valence-corrected chi connectivity index (χ3v) is 2.19. The molecule has 0 aliphatic carbocycles. The summed E-state index contributed by atoms with van der Waals surface area (Å²) < 4.78 is 19.1. The third kappa shape index (κ3) is 3.61. The van der Waals surface area contributed by atoms with E-state index in [0.717, 1.165) is 13.0 Å². The molecule has 0 aromatic rings. The first-order valence-corrected chi connectivity index (χ1v) is 4.89. The van der Waals surface area contributed by atoms with E-state index in [9.17, 15) is 4.39 Å². The van der Waals surface area contributed by atoms with Crippen LogP contribution in [0.5, 0.6) is 0 Å². The number of piperidine rings is 1. The molecule has 1 heterocycles.